The lowest BCUT2D eigenvalue weighted by molar-refractivity contribution is 1.20. The molecule has 1 aromatic carbocycles. The van der Waals surface area contributed by atoms with Crippen molar-refractivity contribution in [3.8, 4) is 0 Å². The van der Waals surface area contributed by atoms with Crippen LogP contribution in [0.15, 0.2) is 48.1 Å². The second-order valence-electron chi connectivity index (χ2n) is 3.66. The van der Waals surface area contributed by atoms with Crippen LogP contribution in [0.3, 0.4) is 0 Å². The van der Waals surface area contributed by atoms with Crippen molar-refractivity contribution < 1.29 is 0 Å². The highest BCUT2D eigenvalue weighted by atomic mass is 14.5. The van der Waals surface area contributed by atoms with E-state index in [4.69, 9.17) is 5.73 Å². The summed E-state index contributed by atoms with van der Waals surface area (Å²) in [7, 11) is 0. The van der Waals surface area contributed by atoms with Crippen LogP contribution in [-0.2, 0) is 6.42 Å². The lowest BCUT2D eigenvalue weighted by Gasteiger charge is -2.01. The Labute approximate surface area is 92.3 Å². The van der Waals surface area contributed by atoms with Crippen LogP contribution < -0.4 is 5.73 Å². The van der Waals surface area contributed by atoms with Crippen molar-refractivity contribution >= 4 is 5.69 Å². The number of nitrogen functional groups attached to an aromatic ring is 1. The molecular weight excluding hydrogens is 182 g/mol. The first kappa shape index (κ1) is 11.6. The van der Waals surface area contributed by atoms with Gasteiger partial charge in [0.25, 0.3) is 0 Å². The fourth-order valence-corrected chi connectivity index (χ4v) is 1.36. The molecule has 0 spiro atoms. The zero-order chi connectivity index (χ0) is 11.1. The van der Waals surface area contributed by atoms with Gasteiger partial charge in [-0.15, -0.1) is 0 Å². The number of nitrogens with two attached hydrogens (primary N) is 1. The minimum absolute atomic E-state index is 0.876. The fourth-order valence-electron chi connectivity index (χ4n) is 1.36. The molecule has 0 unspecified atom stereocenters. The summed E-state index contributed by atoms with van der Waals surface area (Å²) in [5, 5.41) is 0. The SMILES string of the molecule is CC/C=C\C(C)=C/Cc1ccccc1N. The van der Waals surface area contributed by atoms with Gasteiger partial charge in [0.15, 0.2) is 0 Å². The molecule has 0 amide bonds. The van der Waals surface area contributed by atoms with Gasteiger partial charge in [-0.3, -0.25) is 0 Å². The average Bonchev–Trinajstić information content (AvgIpc) is 2.25. The molecular formula is C14H19N. The van der Waals surface area contributed by atoms with Crippen molar-refractivity contribution in [2.75, 3.05) is 5.73 Å². The molecule has 0 saturated heterocycles. The van der Waals surface area contributed by atoms with Gasteiger partial charge in [-0.25, -0.2) is 0 Å². The molecule has 0 aliphatic heterocycles. The fraction of sp³-hybridized carbons (Fsp3) is 0.286. The van der Waals surface area contributed by atoms with E-state index in [1.807, 2.05) is 18.2 Å². The Morgan fingerprint density at radius 3 is 2.73 bits per heavy atom. The number of benzene rings is 1. The summed E-state index contributed by atoms with van der Waals surface area (Å²) in [6.45, 7) is 4.25. The minimum Gasteiger partial charge on any atom is -0.398 e. The summed E-state index contributed by atoms with van der Waals surface area (Å²) < 4.78 is 0. The molecule has 0 aromatic heterocycles. The number of rotatable bonds is 4. The summed E-state index contributed by atoms with van der Waals surface area (Å²) in [5.74, 6) is 0. The smallest absolute Gasteiger partial charge is 0.0349 e. The third-order valence-electron chi connectivity index (χ3n) is 2.32. The van der Waals surface area contributed by atoms with Crippen LogP contribution >= 0.6 is 0 Å². The van der Waals surface area contributed by atoms with Crippen LogP contribution in [0.4, 0.5) is 5.69 Å². The maximum Gasteiger partial charge on any atom is 0.0349 e. The van der Waals surface area contributed by atoms with E-state index in [2.05, 4.69) is 38.1 Å². The van der Waals surface area contributed by atoms with Crippen molar-refractivity contribution in [3.05, 3.63) is 53.6 Å². The molecule has 0 aliphatic rings. The van der Waals surface area contributed by atoms with E-state index in [9.17, 15) is 0 Å². The first-order valence-electron chi connectivity index (χ1n) is 5.40. The summed E-state index contributed by atoms with van der Waals surface area (Å²) in [5.41, 5.74) is 9.22. The van der Waals surface area contributed by atoms with Crippen molar-refractivity contribution in [1.82, 2.24) is 0 Å². The van der Waals surface area contributed by atoms with Gasteiger partial charge in [-0.1, -0.05) is 48.9 Å². The molecule has 0 atom stereocenters. The standard InChI is InChI=1S/C14H19N/c1-3-4-7-12(2)10-11-13-8-5-6-9-14(13)15/h4-10H,3,11,15H2,1-2H3/b7-4-,12-10-. The van der Waals surface area contributed by atoms with Gasteiger partial charge in [-0.05, 0) is 31.4 Å². The molecule has 1 nitrogen and oxygen atoms in total. The Morgan fingerprint density at radius 2 is 2.07 bits per heavy atom. The van der Waals surface area contributed by atoms with Crippen molar-refractivity contribution in [2.45, 2.75) is 26.7 Å². The molecule has 1 aromatic rings. The Morgan fingerprint density at radius 1 is 1.33 bits per heavy atom. The van der Waals surface area contributed by atoms with Crippen LogP contribution in [0, 0.1) is 0 Å². The quantitative estimate of drug-likeness (QED) is 0.583. The number of anilines is 1. The highest BCUT2D eigenvalue weighted by Crippen LogP contribution is 2.12. The van der Waals surface area contributed by atoms with Crippen LogP contribution in [0.25, 0.3) is 0 Å². The number of allylic oxidation sites excluding steroid dienone is 4. The predicted molar refractivity (Wildman–Crippen MR) is 67.7 cm³/mol. The topological polar surface area (TPSA) is 26.0 Å². The maximum atomic E-state index is 5.86. The molecule has 15 heavy (non-hydrogen) atoms. The maximum absolute atomic E-state index is 5.86. The summed E-state index contributed by atoms with van der Waals surface area (Å²) >= 11 is 0. The van der Waals surface area contributed by atoms with Crippen molar-refractivity contribution in [3.63, 3.8) is 0 Å². The summed E-state index contributed by atoms with van der Waals surface area (Å²) in [4.78, 5) is 0. The minimum atomic E-state index is 0.876. The van der Waals surface area contributed by atoms with Gasteiger partial charge >= 0.3 is 0 Å². The van der Waals surface area contributed by atoms with Crippen LogP contribution in [0.2, 0.25) is 0 Å². The summed E-state index contributed by atoms with van der Waals surface area (Å²) in [6, 6.07) is 8.01. The van der Waals surface area contributed by atoms with Gasteiger partial charge in [0, 0.05) is 5.69 Å². The van der Waals surface area contributed by atoms with Crippen LogP contribution in [0.5, 0.6) is 0 Å². The predicted octanol–water partition coefficient (Wildman–Crippen LogP) is 3.72. The zero-order valence-corrected chi connectivity index (χ0v) is 9.53. The highest BCUT2D eigenvalue weighted by molar-refractivity contribution is 5.47. The average molecular weight is 201 g/mol. The first-order chi connectivity index (χ1) is 7.24. The number of hydrogen-bond acceptors (Lipinski definition) is 1. The Balaban J connectivity index is 2.64. The van der Waals surface area contributed by atoms with Gasteiger partial charge in [-0.2, -0.15) is 0 Å². The van der Waals surface area contributed by atoms with Gasteiger partial charge in [0.2, 0.25) is 0 Å². The van der Waals surface area contributed by atoms with E-state index >= 15 is 0 Å². The Kier molecular flexibility index (Phi) is 4.69. The van der Waals surface area contributed by atoms with E-state index in [1.54, 1.807) is 0 Å². The monoisotopic (exact) mass is 201 g/mol. The van der Waals surface area contributed by atoms with Crippen molar-refractivity contribution in [2.24, 2.45) is 0 Å². The summed E-state index contributed by atoms with van der Waals surface area (Å²) in [6.07, 6.45) is 8.52. The van der Waals surface area contributed by atoms with Gasteiger partial charge < -0.3 is 5.73 Å². The molecule has 0 aliphatic carbocycles. The van der Waals surface area contributed by atoms with E-state index in [-0.39, 0.29) is 0 Å². The van der Waals surface area contributed by atoms with E-state index < -0.39 is 0 Å². The first-order valence-corrected chi connectivity index (χ1v) is 5.40. The lowest BCUT2D eigenvalue weighted by Crippen LogP contribution is -1.92. The van der Waals surface area contributed by atoms with Crippen molar-refractivity contribution in [1.29, 1.82) is 0 Å². The molecule has 80 valence electrons. The molecule has 1 heteroatoms. The van der Waals surface area contributed by atoms with E-state index in [0.717, 1.165) is 18.5 Å². The second-order valence-corrected chi connectivity index (χ2v) is 3.66. The third kappa shape index (κ3) is 4.03. The third-order valence-corrected chi connectivity index (χ3v) is 2.32. The lowest BCUT2D eigenvalue weighted by atomic mass is 10.1. The van der Waals surface area contributed by atoms with Gasteiger partial charge in [0.05, 0.1) is 0 Å². The normalized spacial score (nSPS) is 12.3. The molecule has 0 heterocycles. The molecule has 1 rings (SSSR count). The van der Waals surface area contributed by atoms with E-state index in [0.29, 0.717) is 0 Å². The number of para-hydroxylation sites is 1. The Bertz CT molecular complexity index is 361. The Hall–Kier alpha value is -1.50. The second kappa shape index (κ2) is 6.07. The van der Waals surface area contributed by atoms with Gasteiger partial charge in [0.1, 0.15) is 0 Å². The van der Waals surface area contributed by atoms with E-state index in [1.165, 1.54) is 11.1 Å². The molecule has 2 N–H and O–H groups in total. The largest absolute Gasteiger partial charge is 0.398 e. The molecule has 0 radical (unpaired) electrons. The molecule has 0 saturated carbocycles. The number of hydrogen-bond donors (Lipinski definition) is 1. The molecule has 0 bridgehead atoms. The van der Waals surface area contributed by atoms with Crippen LogP contribution in [0.1, 0.15) is 25.8 Å². The van der Waals surface area contributed by atoms with Crippen LogP contribution in [-0.4, -0.2) is 0 Å². The highest BCUT2D eigenvalue weighted by Gasteiger charge is 1.94. The zero-order valence-electron chi connectivity index (χ0n) is 9.53. The molecule has 0 fully saturated rings.